The van der Waals surface area contributed by atoms with Crippen LogP contribution in [0.25, 0.3) is 0 Å². The highest BCUT2D eigenvalue weighted by Crippen LogP contribution is 2.49. The number of aliphatic hydroxyl groups is 5. The monoisotopic (exact) mass is 791 g/mol. The van der Waals surface area contributed by atoms with Crippen LogP contribution in [0.4, 0.5) is 0 Å². The molecule has 1 unspecified atom stereocenters. The van der Waals surface area contributed by atoms with Crippen molar-refractivity contribution in [3.8, 4) is 0 Å². The molecule has 11 heteroatoms. The number of fused-ring (bicyclic) bond motifs is 2. The maximum absolute atomic E-state index is 13.5. The normalized spacial score (nSPS) is 46.8. The maximum atomic E-state index is 13.5. The van der Waals surface area contributed by atoms with Gasteiger partial charge in [-0.05, 0) is 70.1 Å². The van der Waals surface area contributed by atoms with E-state index in [0.717, 1.165) is 19.3 Å². The molecule has 320 valence electrons. The van der Waals surface area contributed by atoms with Gasteiger partial charge in [0.2, 0.25) is 0 Å². The van der Waals surface area contributed by atoms with E-state index in [1.54, 1.807) is 20.8 Å². The predicted octanol–water partition coefficient (Wildman–Crippen LogP) is 5.88. The molecule has 0 radical (unpaired) electrons. The average molecular weight is 791 g/mol. The van der Waals surface area contributed by atoms with Gasteiger partial charge in [0.25, 0.3) is 0 Å². The molecule has 3 aliphatic heterocycles. The van der Waals surface area contributed by atoms with Crippen LogP contribution in [0.3, 0.4) is 0 Å². The molecule has 1 spiro atoms. The van der Waals surface area contributed by atoms with Crippen LogP contribution in [-0.2, 0) is 28.6 Å². The topological polar surface area (TPSA) is 180 Å². The van der Waals surface area contributed by atoms with Gasteiger partial charge in [-0.15, -0.1) is 0 Å². The van der Waals surface area contributed by atoms with Crippen LogP contribution in [0.1, 0.15) is 121 Å². The van der Waals surface area contributed by atoms with Crippen LogP contribution in [0.5, 0.6) is 0 Å². The van der Waals surface area contributed by atoms with Crippen LogP contribution < -0.4 is 0 Å². The average Bonchev–Trinajstić information content (AvgIpc) is 3.16. The molecule has 3 aliphatic rings. The minimum atomic E-state index is -2.18. The first-order valence-corrected chi connectivity index (χ1v) is 21.2. The minimum absolute atomic E-state index is 0.168. The zero-order valence-electron chi connectivity index (χ0n) is 35.8. The smallest absolute Gasteiger partial charge is 0.330 e. The van der Waals surface area contributed by atoms with Gasteiger partial charge in [-0.1, -0.05) is 92.7 Å². The van der Waals surface area contributed by atoms with Gasteiger partial charge in [0.15, 0.2) is 11.6 Å². The van der Waals surface area contributed by atoms with Crippen molar-refractivity contribution in [2.45, 2.75) is 175 Å². The molecule has 0 aliphatic carbocycles. The van der Waals surface area contributed by atoms with Crippen LogP contribution >= 0.6 is 0 Å². The first kappa shape index (κ1) is 48.1. The number of allylic oxidation sites excluding steroid dienone is 4. The molecular weight excluding hydrogens is 716 g/mol. The van der Waals surface area contributed by atoms with Gasteiger partial charge in [-0.3, -0.25) is 9.59 Å². The molecule has 5 N–H and O–H groups in total. The summed E-state index contributed by atoms with van der Waals surface area (Å²) in [7, 11) is 0. The van der Waals surface area contributed by atoms with Gasteiger partial charge in [0, 0.05) is 48.0 Å². The third-order valence-electron chi connectivity index (χ3n) is 13.4. The molecule has 3 heterocycles. The fourth-order valence-corrected chi connectivity index (χ4v) is 9.01. The van der Waals surface area contributed by atoms with E-state index in [9.17, 15) is 39.9 Å². The fourth-order valence-electron chi connectivity index (χ4n) is 9.01. The van der Waals surface area contributed by atoms with Crippen molar-refractivity contribution in [1.82, 2.24) is 0 Å². The molecule has 0 saturated carbocycles. The molecule has 18 atom stereocenters. The van der Waals surface area contributed by atoms with Crippen LogP contribution in [0.15, 0.2) is 36.5 Å². The highest BCUT2D eigenvalue weighted by atomic mass is 16.7. The van der Waals surface area contributed by atoms with Crippen molar-refractivity contribution in [2.24, 2.45) is 53.3 Å². The summed E-state index contributed by atoms with van der Waals surface area (Å²) in [6, 6.07) is 0. The number of hydrogen-bond donors (Lipinski definition) is 5. The summed E-state index contributed by atoms with van der Waals surface area (Å²) < 4.78 is 20.0. The number of aliphatic hydroxyl groups excluding tert-OH is 4. The van der Waals surface area contributed by atoms with E-state index in [1.165, 1.54) is 39.8 Å². The number of hydrogen-bond acceptors (Lipinski definition) is 11. The van der Waals surface area contributed by atoms with Gasteiger partial charge in [0.1, 0.15) is 17.5 Å². The Morgan fingerprint density at radius 2 is 1.48 bits per heavy atom. The molecule has 11 nitrogen and oxygen atoms in total. The number of ketones is 2. The maximum Gasteiger partial charge on any atom is 0.330 e. The SMILES string of the molecule is CC[C@@H]1/C=C/C=C/C[C@H](C)[C@@H](O)[C@](C)(O)C(=O)[C@H](C)[C@@H](O)[C@H](C)C(=O)[C@H](C)[C@H](O)[C@H](C)/C=C/C(=O)O[C@H]2[C@@H](C)[C@@H](CC1)O[C@@]1(CC[C@@H](C)[C@@H](CC(C)O)O1)[C@@H]2C. The zero-order valence-corrected chi connectivity index (χ0v) is 35.8. The Labute approximate surface area is 336 Å². The number of esters is 1. The molecule has 0 aromatic carbocycles. The van der Waals surface area contributed by atoms with E-state index in [-0.39, 0.29) is 35.9 Å². The third-order valence-corrected chi connectivity index (χ3v) is 13.4. The molecule has 0 aromatic rings. The molecule has 2 saturated heterocycles. The predicted molar refractivity (Wildman–Crippen MR) is 215 cm³/mol. The molecule has 2 fully saturated rings. The van der Waals surface area contributed by atoms with Crippen molar-refractivity contribution >= 4 is 17.5 Å². The molecular formula is C45H74O11. The standard InChI is InChI=1S/C45H74O11/c1-12-34-17-15-13-14-16-27(4)42(51)44(11,53)43(52)32(9)40(50)31(8)39(49)30(7)38(48)26(3)18-21-37(47)54-41-29(6)35(20-19-34)55-45(33(41)10)23-22-25(2)36(56-45)24-28(5)46/h13-15,17-18,21,25-36,38,40-42,46,48,50-51,53H,12,16,19-20,22-24H2,1-11H3/b14-13+,17-15+,21-18+/t25-,26-,27+,28?,29+,30-,31-,32-,33-,34-,35-,36-,38-,40+,41+,42-,44+,45-/m1/s1. The Morgan fingerprint density at radius 1 is 0.839 bits per heavy atom. The summed E-state index contributed by atoms with van der Waals surface area (Å²) >= 11 is 0. The number of carbonyl (C=O) groups excluding carboxylic acids is 3. The van der Waals surface area contributed by atoms with E-state index < -0.39 is 89.0 Å². The number of ether oxygens (including phenoxy) is 3. The van der Waals surface area contributed by atoms with E-state index in [2.05, 4.69) is 19.9 Å². The number of rotatable bonds is 3. The number of carbonyl (C=O) groups is 3. The Kier molecular flexibility index (Phi) is 17.7. The van der Waals surface area contributed by atoms with Crippen LogP contribution in [-0.4, -0.2) is 97.2 Å². The van der Waals surface area contributed by atoms with Gasteiger partial charge < -0.3 is 39.7 Å². The lowest BCUT2D eigenvalue weighted by Crippen LogP contribution is -2.62. The minimum Gasteiger partial charge on any atom is -0.458 e. The first-order valence-electron chi connectivity index (χ1n) is 21.2. The van der Waals surface area contributed by atoms with E-state index >= 15 is 0 Å². The van der Waals surface area contributed by atoms with Crippen molar-refractivity contribution in [3.05, 3.63) is 36.5 Å². The lowest BCUT2D eigenvalue weighted by molar-refractivity contribution is -0.371. The second-order valence-electron chi connectivity index (χ2n) is 18.0. The van der Waals surface area contributed by atoms with Crippen LogP contribution in [0, 0.1) is 53.3 Å². The van der Waals surface area contributed by atoms with Crippen molar-refractivity contribution in [1.29, 1.82) is 0 Å². The molecule has 3 rings (SSSR count). The summed E-state index contributed by atoms with van der Waals surface area (Å²) in [6.45, 7) is 19.1. The van der Waals surface area contributed by atoms with Gasteiger partial charge in [-0.2, -0.15) is 0 Å². The molecule has 0 aromatic heterocycles. The Hall–Kier alpha value is -2.25. The van der Waals surface area contributed by atoms with Gasteiger partial charge in [0.05, 0.1) is 36.6 Å². The van der Waals surface area contributed by atoms with Gasteiger partial charge in [-0.25, -0.2) is 4.79 Å². The first-order chi connectivity index (χ1) is 26.1. The fraction of sp³-hybridized carbons (Fsp3) is 0.800. The molecule has 0 amide bonds. The summed E-state index contributed by atoms with van der Waals surface area (Å²) in [6.07, 6.45) is 9.62. The Bertz CT molecular complexity index is 1390. The quantitative estimate of drug-likeness (QED) is 0.216. The summed E-state index contributed by atoms with van der Waals surface area (Å²) in [5.74, 6) is -7.28. The number of Topliss-reactive ketones (excluding diaryl/α,β-unsaturated/α-hetero) is 2. The lowest BCUT2D eigenvalue weighted by Gasteiger charge is -2.55. The van der Waals surface area contributed by atoms with Crippen molar-refractivity contribution in [2.75, 3.05) is 0 Å². The zero-order chi connectivity index (χ0) is 42.3. The largest absolute Gasteiger partial charge is 0.458 e. The highest BCUT2D eigenvalue weighted by Gasteiger charge is 2.56. The highest BCUT2D eigenvalue weighted by molar-refractivity contribution is 5.91. The van der Waals surface area contributed by atoms with Crippen LogP contribution in [0.2, 0.25) is 0 Å². The van der Waals surface area contributed by atoms with E-state index in [4.69, 9.17) is 14.2 Å². The lowest BCUT2D eigenvalue weighted by atomic mass is 9.74. The van der Waals surface area contributed by atoms with E-state index in [1.807, 2.05) is 32.1 Å². The Morgan fingerprint density at radius 3 is 2.11 bits per heavy atom. The Balaban J connectivity index is 1.99. The summed E-state index contributed by atoms with van der Waals surface area (Å²) in [4.78, 5) is 40.5. The second kappa shape index (κ2) is 20.6. The molecule has 2 bridgehead atoms. The molecule has 56 heavy (non-hydrogen) atoms. The third kappa shape index (κ3) is 11.5. The van der Waals surface area contributed by atoms with Crippen molar-refractivity contribution < 1.29 is 54.1 Å². The summed E-state index contributed by atoms with van der Waals surface area (Å²) in [5.41, 5.74) is -2.18. The summed E-state index contributed by atoms with van der Waals surface area (Å²) in [5, 5.41) is 55.0. The van der Waals surface area contributed by atoms with Gasteiger partial charge >= 0.3 is 5.97 Å². The second-order valence-corrected chi connectivity index (χ2v) is 18.0. The van der Waals surface area contributed by atoms with Crippen molar-refractivity contribution in [3.63, 3.8) is 0 Å². The van der Waals surface area contributed by atoms with E-state index in [0.29, 0.717) is 25.7 Å².